The van der Waals surface area contributed by atoms with E-state index < -0.39 is 17.3 Å². The highest BCUT2D eigenvalue weighted by Gasteiger charge is 2.56. The maximum absolute atomic E-state index is 13.0. The zero-order chi connectivity index (χ0) is 13.7. The molecule has 1 aliphatic rings. The van der Waals surface area contributed by atoms with Crippen molar-refractivity contribution in [3.63, 3.8) is 0 Å². The minimum Gasteiger partial charge on any atom is -0.478 e. The van der Waals surface area contributed by atoms with Gasteiger partial charge >= 0.3 is 5.97 Å². The molecular weight excluding hydrogens is 264 g/mol. The maximum Gasteiger partial charge on any atom is 0.337 e. The van der Waals surface area contributed by atoms with Crippen LogP contribution in [0.5, 0.6) is 0 Å². The van der Waals surface area contributed by atoms with E-state index >= 15 is 0 Å². The third-order valence-electron chi connectivity index (χ3n) is 3.27. The van der Waals surface area contributed by atoms with Gasteiger partial charge in [0.25, 0.3) is 0 Å². The van der Waals surface area contributed by atoms with Gasteiger partial charge in [-0.2, -0.15) is 0 Å². The number of aromatic nitrogens is 1. The molecule has 0 amide bonds. The normalized spacial score (nSPS) is 20.3. The molecule has 0 spiro atoms. The van der Waals surface area contributed by atoms with Gasteiger partial charge in [0, 0.05) is 18.3 Å². The largest absolute Gasteiger partial charge is 0.478 e. The van der Waals surface area contributed by atoms with Gasteiger partial charge in [-0.1, -0.05) is 18.5 Å². The number of hydrogen-bond acceptors (Lipinski definition) is 2. The molecule has 18 heavy (non-hydrogen) atoms. The topological polar surface area (TPSA) is 50.2 Å². The van der Waals surface area contributed by atoms with Crippen molar-refractivity contribution in [2.45, 2.75) is 38.0 Å². The molecule has 1 aliphatic carbocycles. The van der Waals surface area contributed by atoms with Gasteiger partial charge in [0.2, 0.25) is 5.92 Å². The van der Waals surface area contributed by atoms with Gasteiger partial charge in [0.15, 0.2) is 0 Å². The van der Waals surface area contributed by atoms with E-state index in [0.29, 0.717) is 11.4 Å². The van der Waals surface area contributed by atoms with Crippen LogP contribution in [0.2, 0.25) is 5.02 Å². The lowest BCUT2D eigenvalue weighted by Gasteiger charge is -2.44. The first kappa shape index (κ1) is 13.2. The van der Waals surface area contributed by atoms with E-state index in [-0.39, 0.29) is 23.4 Å². The molecule has 0 atom stereocenters. The fourth-order valence-electron chi connectivity index (χ4n) is 2.48. The molecule has 3 nitrogen and oxygen atoms in total. The molecule has 1 aromatic heterocycles. The number of halogens is 3. The second-order valence-electron chi connectivity index (χ2n) is 5.03. The Bertz CT molecular complexity index is 523. The molecule has 1 fully saturated rings. The Labute approximate surface area is 108 Å². The van der Waals surface area contributed by atoms with Crippen molar-refractivity contribution in [2.75, 3.05) is 0 Å². The third kappa shape index (κ3) is 2.07. The fraction of sp³-hybridized carbons (Fsp3) is 0.500. The fourth-order valence-corrected chi connectivity index (χ4v) is 2.86. The number of aryl methyl sites for hydroxylation is 1. The van der Waals surface area contributed by atoms with Crippen LogP contribution in [0.4, 0.5) is 8.78 Å². The Hall–Kier alpha value is -1.23. The molecule has 0 bridgehead atoms. The molecule has 0 saturated heterocycles. The highest BCUT2D eigenvalue weighted by atomic mass is 35.5. The molecular formula is C12H12ClF2NO2. The molecule has 1 N–H and O–H groups in total. The van der Waals surface area contributed by atoms with Gasteiger partial charge in [-0.3, -0.25) is 4.98 Å². The van der Waals surface area contributed by atoms with E-state index in [2.05, 4.69) is 4.98 Å². The van der Waals surface area contributed by atoms with Crippen LogP contribution >= 0.6 is 11.6 Å². The number of carbonyl (C=O) groups is 1. The predicted molar refractivity (Wildman–Crippen MR) is 62.5 cm³/mol. The zero-order valence-corrected chi connectivity index (χ0v) is 10.7. The van der Waals surface area contributed by atoms with Crippen LogP contribution in [0.3, 0.4) is 0 Å². The summed E-state index contributed by atoms with van der Waals surface area (Å²) in [5, 5.41) is 9.05. The van der Waals surface area contributed by atoms with Crippen molar-refractivity contribution in [3.8, 4) is 0 Å². The number of aromatic carboxylic acids is 1. The van der Waals surface area contributed by atoms with Crippen LogP contribution in [0.15, 0.2) is 6.07 Å². The molecule has 2 rings (SSSR count). The van der Waals surface area contributed by atoms with Crippen molar-refractivity contribution < 1.29 is 18.7 Å². The van der Waals surface area contributed by atoms with Crippen LogP contribution in [0.25, 0.3) is 0 Å². The summed E-state index contributed by atoms with van der Waals surface area (Å²) in [7, 11) is 0. The van der Waals surface area contributed by atoms with Gasteiger partial charge in [-0.05, 0) is 13.0 Å². The number of carboxylic acid groups (broad SMARTS) is 1. The summed E-state index contributed by atoms with van der Waals surface area (Å²) in [6.07, 6.45) is -0.614. The van der Waals surface area contributed by atoms with Crippen molar-refractivity contribution in [1.29, 1.82) is 0 Å². The van der Waals surface area contributed by atoms with E-state index in [1.54, 1.807) is 6.92 Å². The van der Waals surface area contributed by atoms with Gasteiger partial charge in [0.1, 0.15) is 0 Å². The van der Waals surface area contributed by atoms with Crippen molar-refractivity contribution in [1.82, 2.24) is 4.98 Å². The number of alkyl halides is 2. The van der Waals surface area contributed by atoms with E-state index in [1.165, 1.54) is 13.0 Å². The molecule has 0 unspecified atom stereocenters. The summed E-state index contributed by atoms with van der Waals surface area (Å²) < 4.78 is 26.0. The summed E-state index contributed by atoms with van der Waals surface area (Å²) in [6.45, 7) is 3.20. The highest BCUT2D eigenvalue weighted by molar-refractivity contribution is 6.31. The average Bonchev–Trinajstić information content (AvgIpc) is 2.17. The van der Waals surface area contributed by atoms with Gasteiger partial charge in [-0.25, -0.2) is 13.6 Å². The first-order valence-corrected chi connectivity index (χ1v) is 5.81. The Kier molecular flexibility index (Phi) is 2.85. The van der Waals surface area contributed by atoms with Gasteiger partial charge in [-0.15, -0.1) is 0 Å². The lowest BCUT2D eigenvalue weighted by atomic mass is 9.65. The van der Waals surface area contributed by atoms with Crippen molar-refractivity contribution in [3.05, 3.63) is 28.0 Å². The first-order valence-electron chi connectivity index (χ1n) is 5.43. The zero-order valence-electron chi connectivity index (χ0n) is 9.93. The van der Waals surface area contributed by atoms with Crippen molar-refractivity contribution >= 4 is 17.6 Å². The van der Waals surface area contributed by atoms with E-state index in [0.717, 1.165) is 0 Å². The highest BCUT2D eigenvalue weighted by Crippen LogP contribution is 2.54. The lowest BCUT2D eigenvalue weighted by Crippen LogP contribution is -2.48. The number of rotatable bonds is 2. The molecule has 1 saturated carbocycles. The summed E-state index contributed by atoms with van der Waals surface area (Å²) in [5.74, 6) is -3.81. The molecule has 0 radical (unpaired) electrons. The van der Waals surface area contributed by atoms with Crippen LogP contribution in [-0.2, 0) is 5.41 Å². The average molecular weight is 276 g/mol. The summed E-state index contributed by atoms with van der Waals surface area (Å²) in [4.78, 5) is 15.0. The lowest BCUT2D eigenvalue weighted by molar-refractivity contribution is -0.122. The molecule has 6 heteroatoms. The first-order chi connectivity index (χ1) is 8.15. The van der Waals surface area contributed by atoms with E-state index in [9.17, 15) is 13.6 Å². The van der Waals surface area contributed by atoms with Gasteiger partial charge in [0.05, 0.1) is 22.0 Å². The Balaban J connectivity index is 2.42. The Morgan fingerprint density at radius 2 is 2.06 bits per heavy atom. The minimum absolute atomic E-state index is 0.00145. The maximum atomic E-state index is 13.0. The van der Waals surface area contributed by atoms with Crippen molar-refractivity contribution in [2.24, 2.45) is 0 Å². The number of hydrogen-bond donors (Lipinski definition) is 1. The second kappa shape index (κ2) is 3.88. The standard InChI is InChI=1S/C12H12ClF2NO2/c1-6-7(10(17)18)3-8(13)9(16-6)11(2)4-12(14,15)5-11/h3H,4-5H2,1-2H3,(H,17,18). The number of nitrogens with zero attached hydrogens (tertiary/aromatic N) is 1. The smallest absolute Gasteiger partial charge is 0.337 e. The SMILES string of the molecule is Cc1nc(C2(C)CC(F)(F)C2)c(Cl)cc1C(=O)O. The van der Waals surface area contributed by atoms with E-state index in [4.69, 9.17) is 16.7 Å². The summed E-state index contributed by atoms with van der Waals surface area (Å²) >= 11 is 5.96. The van der Waals surface area contributed by atoms with E-state index in [1.807, 2.05) is 0 Å². The third-order valence-corrected chi connectivity index (χ3v) is 3.55. The Morgan fingerprint density at radius 3 is 2.50 bits per heavy atom. The second-order valence-corrected chi connectivity index (χ2v) is 5.43. The molecule has 0 aromatic carbocycles. The van der Waals surface area contributed by atoms with Crippen LogP contribution in [0, 0.1) is 6.92 Å². The van der Waals surface area contributed by atoms with Crippen LogP contribution < -0.4 is 0 Å². The summed E-state index contributed by atoms with van der Waals surface area (Å²) in [5.41, 5.74) is -0.128. The molecule has 1 heterocycles. The number of pyridine rings is 1. The molecule has 0 aliphatic heterocycles. The monoisotopic (exact) mass is 275 g/mol. The van der Waals surface area contributed by atoms with Crippen LogP contribution in [-0.4, -0.2) is 22.0 Å². The number of carboxylic acids is 1. The summed E-state index contributed by atoms with van der Waals surface area (Å²) in [6, 6.07) is 1.28. The van der Waals surface area contributed by atoms with Gasteiger partial charge < -0.3 is 5.11 Å². The Morgan fingerprint density at radius 1 is 1.50 bits per heavy atom. The minimum atomic E-state index is -2.68. The quantitative estimate of drug-likeness (QED) is 0.899. The molecule has 1 aromatic rings. The van der Waals surface area contributed by atoms with Crippen LogP contribution in [0.1, 0.15) is 41.5 Å². The molecule has 98 valence electrons. The predicted octanol–water partition coefficient (Wildman–Crippen LogP) is 3.43.